The summed E-state index contributed by atoms with van der Waals surface area (Å²) in [4.78, 5) is 11.7. The lowest BCUT2D eigenvalue weighted by atomic mass is 10.0. The number of esters is 1. The van der Waals surface area contributed by atoms with E-state index < -0.39 is 0 Å². The topological polar surface area (TPSA) is 35.5 Å². The lowest BCUT2D eigenvalue weighted by molar-refractivity contribution is 0.0524. The van der Waals surface area contributed by atoms with Crippen LogP contribution < -0.4 is 4.74 Å². The van der Waals surface area contributed by atoms with Crippen molar-refractivity contribution in [2.24, 2.45) is 0 Å². The molecule has 0 N–H and O–H groups in total. The van der Waals surface area contributed by atoms with Gasteiger partial charge in [-0.3, -0.25) is 0 Å². The first-order valence-electron chi connectivity index (χ1n) is 4.93. The van der Waals surface area contributed by atoms with E-state index in [1.54, 1.807) is 14.0 Å². The number of carbonyl (C=O) groups excluding carboxylic acids is 1. The Bertz CT molecular complexity index is 369. The molecule has 0 spiro atoms. The lowest BCUT2D eigenvalue weighted by Crippen LogP contribution is -2.09. The maximum atomic E-state index is 11.7. The Morgan fingerprint density at radius 1 is 1.33 bits per heavy atom. The zero-order valence-corrected chi connectivity index (χ0v) is 9.59. The minimum absolute atomic E-state index is 0.286. The predicted molar refractivity (Wildman–Crippen MR) is 58.4 cm³/mol. The highest BCUT2D eigenvalue weighted by Gasteiger charge is 2.16. The second-order valence-corrected chi connectivity index (χ2v) is 3.31. The van der Waals surface area contributed by atoms with Crippen LogP contribution in [0.1, 0.15) is 28.4 Å². The molecule has 0 heterocycles. The summed E-state index contributed by atoms with van der Waals surface area (Å²) in [5.41, 5.74) is 2.35. The van der Waals surface area contributed by atoms with E-state index in [1.165, 1.54) is 0 Å². The molecule has 0 radical (unpaired) electrons. The molecule has 0 saturated heterocycles. The van der Waals surface area contributed by atoms with Crippen molar-refractivity contribution in [3.05, 3.63) is 28.8 Å². The highest BCUT2D eigenvalue weighted by atomic mass is 16.5. The Morgan fingerprint density at radius 2 is 2.00 bits per heavy atom. The van der Waals surface area contributed by atoms with Crippen LogP contribution in [-0.4, -0.2) is 19.7 Å². The van der Waals surface area contributed by atoms with E-state index in [2.05, 4.69) is 0 Å². The van der Waals surface area contributed by atoms with Gasteiger partial charge in [0.25, 0.3) is 0 Å². The maximum Gasteiger partial charge on any atom is 0.338 e. The van der Waals surface area contributed by atoms with Crippen molar-refractivity contribution in [3.63, 3.8) is 0 Å². The molecule has 3 heteroatoms. The van der Waals surface area contributed by atoms with Crippen LogP contribution in [-0.2, 0) is 4.74 Å². The first-order valence-corrected chi connectivity index (χ1v) is 4.93. The van der Waals surface area contributed by atoms with E-state index in [9.17, 15) is 4.79 Å². The van der Waals surface area contributed by atoms with Gasteiger partial charge in [0.15, 0.2) is 0 Å². The third-order valence-electron chi connectivity index (χ3n) is 2.32. The Kier molecular flexibility index (Phi) is 3.72. The summed E-state index contributed by atoms with van der Waals surface area (Å²) in [5, 5.41) is 0. The molecule has 0 aromatic heterocycles. The number of methoxy groups -OCH3 is 1. The lowest BCUT2D eigenvalue weighted by Gasteiger charge is -2.12. The molecule has 1 aromatic carbocycles. The van der Waals surface area contributed by atoms with Crippen LogP contribution in [0.3, 0.4) is 0 Å². The van der Waals surface area contributed by atoms with Crippen LogP contribution >= 0.6 is 0 Å². The van der Waals surface area contributed by atoms with Crippen LogP contribution in [0.5, 0.6) is 5.75 Å². The molecular formula is C12H16O3. The predicted octanol–water partition coefficient (Wildman–Crippen LogP) is 2.49. The van der Waals surface area contributed by atoms with E-state index in [4.69, 9.17) is 9.47 Å². The van der Waals surface area contributed by atoms with Crippen molar-refractivity contribution in [2.75, 3.05) is 13.7 Å². The number of benzene rings is 1. The largest absolute Gasteiger partial charge is 0.496 e. The smallest absolute Gasteiger partial charge is 0.338 e. The molecule has 0 aliphatic rings. The van der Waals surface area contributed by atoms with Crippen LogP contribution in [0.4, 0.5) is 0 Å². The normalized spacial score (nSPS) is 9.87. The molecule has 1 rings (SSSR count). The molecule has 0 saturated carbocycles. The highest BCUT2D eigenvalue weighted by molar-refractivity contribution is 5.93. The van der Waals surface area contributed by atoms with Crippen LogP contribution in [0.2, 0.25) is 0 Å². The van der Waals surface area contributed by atoms with Gasteiger partial charge in [0.1, 0.15) is 5.75 Å². The number of hydrogen-bond donors (Lipinski definition) is 0. The number of hydrogen-bond acceptors (Lipinski definition) is 3. The number of carbonyl (C=O) groups is 1. The quantitative estimate of drug-likeness (QED) is 0.716. The van der Waals surface area contributed by atoms with Crippen molar-refractivity contribution in [2.45, 2.75) is 20.8 Å². The molecule has 1 aromatic rings. The fourth-order valence-corrected chi connectivity index (χ4v) is 1.57. The number of ether oxygens (including phenoxy) is 2. The van der Waals surface area contributed by atoms with Gasteiger partial charge in [-0.25, -0.2) is 4.79 Å². The second-order valence-electron chi connectivity index (χ2n) is 3.31. The summed E-state index contributed by atoms with van der Waals surface area (Å²) < 4.78 is 10.2. The second kappa shape index (κ2) is 4.82. The van der Waals surface area contributed by atoms with Gasteiger partial charge in [-0.05, 0) is 32.4 Å². The van der Waals surface area contributed by atoms with E-state index in [-0.39, 0.29) is 5.97 Å². The Hall–Kier alpha value is -1.51. The molecule has 15 heavy (non-hydrogen) atoms. The zero-order valence-electron chi connectivity index (χ0n) is 9.59. The Labute approximate surface area is 90.0 Å². The molecule has 0 amide bonds. The Morgan fingerprint density at radius 3 is 2.53 bits per heavy atom. The van der Waals surface area contributed by atoms with Crippen molar-refractivity contribution < 1.29 is 14.3 Å². The van der Waals surface area contributed by atoms with Crippen molar-refractivity contribution in [1.29, 1.82) is 0 Å². The van der Waals surface area contributed by atoms with Gasteiger partial charge in [-0.1, -0.05) is 6.07 Å². The molecular weight excluding hydrogens is 192 g/mol. The molecule has 0 fully saturated rings. The average Bonchev–Trinajstić information content (AvgIpc) is 2.18. The minimum Gasteiger partial charge on any atom is -0.496 e. The van der Waals surface area contributed by atoms with Crippen LogP contribution in [0, 0.1) is 13.8 Å². The zero-order chi connectivity index (χ0) is 11.4. The van der Waals surface area contributed by atoms with Gasteiger partial charge in [-0.15, -0.1) is 0 Å². The average molecular weight is 208 g/mol. The first-order chi connectivity index (χ1) is 7.11. The van der Waals surface area contributed by atoms with Crippen LogP contribution in [0.15, 0.2) is 12.1 Å². The van der Waals surface area contributed by atoms with Gasteiger partial charge < -0.3 is 9.47 Å². The summed E-state index contributed by atoms with van der Waals surface area (Å²) in [6.45, 7) is 5.93. The van der Waals surface area contributed by atoms with E-state index in [0.717, 1.165) is 11.1 Å². The van der Waals surface area contributed by atoms with Gasteiger partial charge in [-0.2, -0.15) is 0 Å². The van der Waals surface area contributed by atoms with Crippen LogP contribution in [0.25, 0.3) is 0 Å². The van der Waals surface area contributed by atoms with E-state index in [1.807, 2.05) is 26.0 Å². The molecule has 0 aliphatic carbocycles. The van der Waals surface area contributed by atoms with Crippen molar-refractivity contribution in [3.8, 4) is 5.75 Å². The van der Waals surface area contributed by atoms with Crippen molar-refractivity contribution in [1.82, 2.24) is 0 Å². The molecule has 0 aliphatic heterocycles. The fraction of sp³-hybridized carbons (Fsp3) is 0.417. The summed E-state index contributed by atoms with van der Waals surface area (Å²) in [6, 6.07) is 3.71. The Balaban J connectivity index is 3.20. The maximum absolute atomic E-state index is 11.7. The summed E-state index contributed by atoms with van der Waals surface area (Å²) in [7, 11) is 1.59. The molecule has 0 unspecified atom stereocenters. The number of rotatable bonds is 3. The summed E-state index contributed by atoms with van der Waals surface area (Å²) >= 11 is 0. The van der Waals surface area contributed by atoms with Crippen molar-refractivity contribution >= 4 is 5.97 Å². The molecule has 3 nitrogen and oxygen atoms in total. The third-order valence-corrected chi connectivity index (χ3v) is 2.32. The third kappa shape index (κ3) is 2.29. The van der Waals surface area contributed by atoms with Gasteiger partial charge in [0.05, 0.1) is 19.3 Å². The SMILES string of the molecule is CCOC(=O)c1c(C)ccc(OC)c1C. The first kappa shape index (κ1) is 11.6. The monoisotopic (exact) mass is 208 g/mol. The van der Waals surface area contributed by atoms with Gasteiger partial charge in [0, 0.05) is 5.56 Å². The standard InChI is InChI=1S/C12H16O3/c1-5-15-12(13)11-8(2)6-7-10(14-4)9(11)3/h6-7H,5H2,1-4H3. The number of aryl methyl sites for hydroxylation is 1. The molecule has 82 valence electrons. The highest BCUT2D eigenvalue weighted by Crippen LogP contribution is 2.24. The fourth-order valence-electron chi connectivity index (χ4n) is 1.57. The van der Waals surface area contributed by atoms with Gasteiger partial charge >= 0.3 is 5.97 Å². The molecule has 0 atom stereocenters. The molecule has 0 bridgehead atoms. The summed E-state index contributed by atoms with van der Waals surface area (Å²) in [6.07, 6.45) is 0. The van der Waals surface area contributed by atoms with E-state index in [0.29, 0.717) is 17.9 Å². The minimum atomic E-state index is -0.286. The van der Waals surface area contributed by atoms with Gasteiger partial charge in [0.2, 0.25) is 0 Å². The summed E-state index contributed by atoms with van der Waals surface area (Å²) in [5.74, 6) is 0.426. The van der Waals surface area contributed by atoms with E-state index >= 15 is 0 Å².